The molecular weight excluding hydrogens is 245 g/mol. The van der Waals surface area contributed by atoms with Crippen LogP contribution in [0.1, 0.15) is 25.7 Å². The monoisotopic (exact) mass is 266 g/mol. The summed E-state index contributed by atoms with van der Waals surface area (Å²) >= 11 is 0. The number of fused-ring (bicyclic) bond motifs is 2. The van der Waals surface area contributed by atoms with E-state index in [2.05, 4.69) is 7.05 Å². The maximum atomic E-state index is 10.2. The normalized spacial score (nSPS) is 36.6. The average Bonchev–Trinajstić information content (AvgIpc) is 2.63. The van der Waals surface area contributed by atoms with Crippen LogP contribution in [0.3, 0.4) is 0 Å². The number of rotatable bonds is 3. The summed E-state index contributed by atoms with van der Waals surface area (Å²) in [5, 5.41) is 0.922. The lowest BCUT2D eigenvalue weighted by atomic mass is 10.0. The molecule has 2 fully saturated rings. The zero-order valence-electron chi connectivity index (χ0n) is 10.7. The van der Waals surface area contributed by atoms with Crippen LogP contribution in [0, 0.1) is 0 Å². The summed E-state index contributed by atoms with van der Waals surface area (Å²) in [5.74, 6) is 0. The molecule has 2 unspecified atom stereocenters. The van der Waals surface area contributed by atoms with Crippen molar-refractivity contribution in [1.82, 2.24) is 0 Å². The molecular formula is C14H21NO2P+. The number of hydrogen-bond donors (Lipinski definition) is 2. The van der Waals surface area contributed by atoms with Crippen molar-refractivity contribution in [3.63, 3.8) is 0 Å². The number of quaternary nitrogens is 1. The fourth-order valence-electron chi connectivity index (χ4n) is 3.37. The van der Waals surface area contributed by atoms with Crippen LogP contribution in [0.15, 0.2) is 30.3 Å². The smallest absolute Gasteiger partial charge is 0.202 e. The van der Waals surface area contributed by atoms with E-state index in [-0.39, 0.29) is 6.10 Å². The highest BCUT2D eigenvalue weighted by Gasteiger charge is 2.43. The number of nitrogens with one attached hydrogen (secondary N) is 1. The van der Waals surface area contributed by atoms with Crippen molar-refractivity contribution in [2.24, 2.45) is 0 Å². The van der Waals surface area contributed by atoms with Crippen LogP contribution in [-0.2, 0) is 4.52 Å². The Bertz CT molecular complexity index is 386. The molecule has 2 saturated heterocycles. The van der Waals surface area contributed by atoms with E-state index in [1.165, 1.54) is 12.8 Å². The Morgan fingerprint density at radius 3 is 2.39 bits per heavy atom. The van der Waals surface area contributed by atoms with Gasteiger partial charge in [0.2, 0.25) is 8.38 Å². The van der Waals surface area contributed by atoms with Crippen LogP contribution in [0.4, 0.5) is 0 Å². The van der Waals surface area contributed by atoms with Gasteiger partial charge >= 0.3 is 0 Å². The highest BCUT2D eigenvalue weighted by molar-refractivity contribution is 7.55. The molecule has 18 heavy (non-hydrogen) atoms. The van der Waals surface area contributed by atoms with E-state index in [0.717, 1.165) is 30.2 Å². The van der Waals surface area contributed by atoms with E-state index in [0.29, 0.717) is 0 Å². The maximum Gasteiger partial charge on any atom is 0.202 e. The Hall–Kier alpha value is -0.470. The van der Waals surface area contributed by atoms with Crippen LogP contribution >= 0.6 is 8.38 Å². The standard InChI is InChI=1S/C14H20NO2P/c1-15-11-7-8-12(15)10-13(9-11)17-18(16)14-5-3-2-4-6-14/h2-6,11-13,16H,7-10H2,1H3/p+1/t11-,12+,13?,18-/m1/s1. The summed E-state index contributed by atoms with van der Waals surface area (Å²) in [4.78, 5) is 11.8. The molecule has 1 aromatic carbocycles. The molecule has 3 nitrogen and oxygen atoms in total. The van der Waals surface area contributed by atoms with Gasteiger partial charge in [0.1, 0.15) is 0 Å². The van der Waals surface area contributed by atoms with Crippen molar-refractivity contribution < 1.29 is 14.3 Å². The van der Waals surface area contributed by atoms with Crippen LogP contribution in [0.5, 0.6) is 0 Å². The molecule has 2 aliphatic heterocycles. The SMILES string of the molecule is C[NH+]1[C@@H]2CC[C@H]1CC(O[P@@](O)c1ccccc1)C2. The topological polar surface area (TPSA) is 33.9 Å². The molecule has 3 rings (SSSR count). The Kier molecular flexibility index (Phi) is 3.67. The van der Waals surface area contributed by atoms with Gasteiger partial charge in [0, 0.05) is 31.0 Å². The molecule has 2 heterocycles. The molecule has 4 heteroatoms. The number of piperidine rings is 1. The third-order valence-corrected chi connectivity index (χ3v) is 5.71. The minimum Gasteiger partial charge on any atom is -0.346 e. The Morgan fingerprint density at radius 2 is 1.78 bits per heavy atom. The molecule has 2 aliphatic rings. The van der Waals surface area contributed by atoms with Crippen LogP contribution in [0.2, 0.25) is 0 Å². The van der Waals surface area contributed by atoms with Gasteiger partial charge in [-0.05, 0) is 12.1 Å². The van der Waals surface area contributed by atoms with Crippen LogP contribution < -0.4 is 10.2 Å². The Morgan fingerprint density at radius 1 is 1.17 bits per heavy atom. The van der Waals surface area contributed by atoms with E-state index < -0.39 is 8.38 Å². The van der Waals surface area contributed by atoms with Crippen molar-refractivity contribution in [1.29, 1.82) is 0 Å². The molecule has 5 atom stereocenters. The summed E-state index contributed by atoms with van der Waals surface area (Å²) < 4.78 is 5.91. The number of benzene rings is 1. The van der Waals surface area contributed by atoms with Gasteiger partial charge in [-0.3, -0.25) is 0 Å². The molecule has 2 bridgehead atoms. The van der Waals surface area contributed by atoms with E-state index in [1.807, 2.05) is 30.3 Å². The van der Waals surface area contributed by atoms with Crippen molar-refractivity contribution in [2.45, 2.75) is 43.9 Å². The van der Waals surface area contributed by atoms with Gasteiger partial charge in [-0.1, -0.05) is 18.2 Å². The van der Waals surface area contributed by atoms with Gasteiger partial charge in [0.15, 0.2) is 0 Å². The third kappa shape index (κ3) is 2.46. The molecule has 0 amide bonds. The molecule has 0 radical (unpaired) electrons. The fourth-order valence-corrected chi connectivity index (χ4v) is 4.38. The van der Waals surface area contributed by atoms with Gasteiger partial charge < -0.3 is 14.3 Å². The lowest BCUT2D eigenvalue weighted by molar-refractivity contribution is -0.923. The first kappa shape index (κ1) is 12.6. The first-order valence-corrected chi connectivity index (χ1v) is 7.99. The lowest BCUT2D eigenvalue weighted by Gasteiger charge is -2.34. The van der Waals surface area contributed by atoms with E-state index >= 15 is 0 Å². The molecule has 98 valence electrons. The third-order valence-electron chi connectivity index (χ3n) is 4.47. The maximum absolute atomic E-state index is 10.2. The Labute approximate surface area is 110 Å². The average molecular weight is 266 g/mol. The Balaban J connectivity index is 1.61. The molecule has 0 spiro atoms. The predicted octanol–water partition coefficient (Wildman–Crippen LogP) is 0.841. The van der Waals surface area contributed by atoms with Gasteiger partial charge in [-0.2, -0.15) is 0 Å². The van der Waals surface area contributed by atoms with Crippen LogP contribution in [-0.4, -0.2) is 30.1 Å². The van der Waals surface area contributed by atoms with Crippen molar-refractivity contribution in [3.8, 4) is 0 Å². The lowest BCUT2D eigenvalue weighted by Crippen LogP contribution is -3.15. The van der Waals surface area contributed by atoms with Gasteiger partial charge in [-0.15, -0.1) is 0 Å². The first-order valence-electron chi connectivity index (χ1n) is 6.78. The number of hydrogen-bond acceptors (Lipinski definition) is 2. The molecule has 0 saturated carbocycles. The van der Waals surface area contributed by atoms with Gasteiger partial charge in [0.25, 0.3) is 0 Å². The van der Waals surface area contributed by atoms with E-state index in [9.17, 15) is 4.89 Å². The van der Waals surface area contributed by atoms with Gasteiger partial charge in [-0.25, -0.2) is 0 Å². The van der Waals surface area contributed by atoms with E-state index in [4.69, 9.17) is 4.52 Å². The second kappa shape index (κ2) is 5.26. The first-order chi connectivity index (χ1) is 8.74. The molecule has 0 aromatic heterocycles. The fraction of sp³-hybridized carbons (Fsp3) is 0.571. The minimum atomic E-state index is -1.43. The molecule has 0 aliphatic carbocycles. The van der Waals surface area contributed by atoms with Crippen molar-refractivity contribution >= 4 is 13.7 Å². The zero-order valence-corrected chi connectivity index (χ0v) is 11.6. The largest absolute Gasteiger partial charge is 0.346 e. The summed E-state index contributed by atoms with van der Waals surface area (Å²) in [6.07, 6.45) is 5.11. The van der Waals surface area contributed by atoms with E-state index in [1.54, 1.807) is 4.90 Å². The zero-order chi connectivity index (χ0) is 12.5. The summed E-state index contributed by atoms with van der Waals surface area (Å²) in [6.45, 7) is 0. The van der Waals surface area contributed by atoms with Gasteiger partial charge in [0.05, 0.1) is 25.2 Å². The summed E-state index contributed by atoms with van der Waals surface area (Å²) in [5.41, 5.74) is 0. The molecule has 1 aromatic rings. The minimum absolute atomic E-state index is 0.252. The highest BCUT2D eigenvalue weighted by Crippen LogP contribution is 2.36. The second-order valence-electron chi connectivity index (χ2n) is 5.52. The molecule has 2 N–H and O–H groups in total. The van der Waals surface area contributed by atoms with Crippen molar-refractivity contribution in [3.05, 3.63) is 30.3 Å². The second-order valence-corrected chi connectivity index (χ2v) is 6.80. The summed E-state index contributed by atoms with van der Waals surface area (Å²) in [6, 6.07) is 11.2. The van der Waals surface area contributed by atoms with Crippen molar-refractivity contribution in [2.75, 3.05) is 7.05 Å². The quantitative estimate of drug-likeness (QED) is 0.795. The van der Waals surface area contributed by atoms with Crippen LogP contribution in [0.25, 0.3) is 0 Å². The predicted molar refractivity (Wildman–Crippen MR) is 73.0 cm³/mol. The highest BCUT2D eigenvalue weighted by atomic mass is 31.2. The summed E-state index contributed by atoms with van der Waals surface area (Å²) in [7, 11) is 0.871.